The van der Waals surface area contributed by atoms with Crippen LogP contribution in [0.15, 0.2) is 56.1 Å². The van der Waals surface area contributed by atoms with Gasteiger partial charge in [-0.3, -0.25) is 0 Å². The molecule has 4 aromatic heterocycles. The zero-order valence-electron chi connectivity index (χ0n) is 23.8. The van der Waals surface area contributed by atoms with E-state index in [2.05, 4.69) is 98.8 Å². The quantitative estimate of drug-likeness (QED) is 0.0895. The SMILES string of the molecule is CCCCCCCCC(CCCCCC)Cn1c2cc(-c3ccc(Br)s3)ccc2c2sc(-c3ccc(Br)s3)cc21. The summed E-state index contributed by atoms with van der Waals surface area (Å²) < 4.78 is 6.53. The zero-order valence-corrected chi connectivity index (χ0v) is 29.4. The summed E-state index contributed by atoms with van der Waals surface area (Å²) in [6.45, 7) is 5.76. The first-order chi connectivity index (χ1) is 19.6. The van der Waals surface area contributed by atoms with E-state index in [4.69, 9.17) is 0 Å². The van der Waals surface area contributed by atoms with Gasteiger partial charge >= 0.3 is 0 Å². The Morgan fingerprint density at radius 3 is 1.90 bits per heavy atom. The molecule has 0 N–H and O–H groups in total. The van der Waals surface area contributed by atoms with Crippen molar-refractivity contribution in [3.05, 3.63) is 56.1 Å². The predicted octanol–water partition coefficient (Wildman–Crippen LogP) is 14.2. The highest BCUT2D eigenvalue weighted by atomic mass is 79.9. The van der Waals surface area contributed by atoms with Crippen molar-refractivity contribution in [2.45, 2.75) is 97.4 Å². The van der Waals surface area contributed by atoms with E-state index in [1.165, 1.54) is 126 Å². The molecule has 0 aliphatic rings. The van der Waals surface area contributed by atoms with Crippen LogP contribution in [-0.2, 0) is 6.54 Å². The van der Waals surface area contributed by atoms with Gasteiger partial charge in [-0.2, -0.15) is 0 Å². The number of fused-ring (bicyclic) bond motifs is 3. The number of hydrogen-bond donors (Lipinski definition) is 0. The molecule has 1 aromatic carbocycles. The molecule has 0 radical (unpaired) electrons. The summed E-state index contributed by atoms with van der Waals surface area (Å²) >= 11 is 13.0. The predicted molar refractivity (Wildman–Crippen MR) is 190 cm³/mol. The Kier molecular flexibility index (Phi) is 11.5. The van der Waals surface area contributed by atoms with Crippen molar-refractivity contribution in [3.63, 3.8) is 0 Å². The summed E-state index contributed by atoms with van der Waals surface area (Å²) in [7, 11) is 0. The molecule has 0 bridgehead atoms. The van der Waals surface area contributed by atoms with Crippen molar-refractivity contribution >= 4 is 87.0 Å². The number of thiophene rings is 3. The second-order valence-corrected chi connectivity index (χ2v) is 17.1. The third-order valence-corrected chi connectivity index (χ3v) is 12.7. The Morgan fingerprint density at radius 2 is 1.25 bits per heavy atom. The fraction of sp³-hybridized carbons (Fsp3) is 0.471. The van der Waals surface area contributed by atoms with Crippen LogP contribution in [0.1, 0.15) is 90.9 Å². The monoisotopic (exact) mass is 717 g/mol. The lowest BCUT2D eigenvalue weighted by atomic mass is 9.94. The van der Waals surface area contributed by atoms with Crippen molar-refractivity contribution in [3.8, 4) is 20.2 Å². The minimum atomic E-state index is 0.737. The van der Waals surface area contributed by atoms with Gasteiger partial charge in [0.2, 0.25) is 0 Å². The topological polar surface area (TPSA) is 4.93 Å². The molecule has 40 heavy (non-hydrogen) atoms. The lowest BCUT2D eigenvalue weighted by Gasteiger charge is -2.19. The zero-order chi connectivity index (χ0) is 27.9. The summed E-state index contributed by atoms with van der Waals surface area (Å²) in [5.74, 6) is 0.737. The highest BCUT2D eigenvalue weighted by molar-refractivity contribution is 9.11. The van der Waals surface area contributed by atoms with Crippen molar-refractivity contribution in [1.29, 1.82) is 0 Å². The summed E-state index contributed by atoms with van der Waals surface area (Å²) in [4.78, 5) is 4.08. The molecule has 1 atom stereocenters. The summed E-state index contributed by atoms with van der Waals surface area (Å²) in [5, 5.41) is 1.41. The first kappa shape index (κ1) is 30.5. The van der Waals surface area contributed by atoms with Crippen LogP contribution in [0.5, 0.6) is 0 Å². The van der Waals surface area contributed by atoms with E-state index in [0.29, 0.717) is 0 Å². The van der Waals surface area contributed by atoms with Crippen LogP contribution in [0.25, 0.3) is 41.3 Å². The Balaban J connectivity index is 1.49. The molecule has 4 heterocycles. The van der Waals surface area contributed by atoms with Crippen molar-refractivity contribution in [2.24, 2.45) is 5.92 Å². The largest absolute Gasteiger partial charge is 0.339 e. The number of halogens is 2. The summed E-state index contributed by atoms with van der Waals surface area (Å²) in [6, 6.07) is 18.5. The minimum absolute atomic E-state index is 0.737. The van der Waals surface area contributed by atoms with Gasteiger partial charge in [-0.1, -0.05) is 90.2 Å². The third-order valence-electron chi connectivity index (χ3n) is 8.08. The Bertz CT molecular complexity index is 1470. The normalized spacial score (nSPS) is 12.7. The lowest BCUT2D eigenvalue weighted by Crippen LogP contribution is -2.11. The standard InChI is InChI=1S/C34H41Br2NS3/c1-3-5-7-9-10-12-14-24(13-11-8-6-4-2)23-37-27-21-25(29-17-19-32(35)38-29)15-16-26(27)34-28(37)22-31(40-34)30-18-20-33(36)39-30/h15-22,24H,3-14,23H2,1-2H3. The molecule has 1 unspecified atom stereocenters. The van der Waals surface area contributed by atoms with Crippen LogP contribution in [-0.4, -0.2) is 4.57 Å². The maximum Gasteiger partial charge on any atom is 0.0705 e. The van der Waals surface area contributed by atoms with E-state index in [0.717, 1.165) is 12.5 Å². The second-order valence-electron chi connectivity index (χ2n) is 11.1. The minimum Gasteiger partial charge on any atom is -0.339 e. The van der Waals surface area contributed by atoms with Crippen LogP contribution < -0.4 is 0 Å². The van der Waals surface area contributed by atoms with Gasteiger partial charge in [0.05, 0.1) is 23.3 Å². The maximum absolute atomic E-state index is 3.68. The Hall–Kier alpha value is -0.920. The molecule has 0 aliphatic heterocycles. The van der Waals surface area contributed by atoms with Crippen LogP contribution >= 0.6 is 65.9 Å². The molecule has 214 valence electrons. The highest BCUT2D eigenvalue weighted by Crippen LogP contribution is 2.44. The van der Waals surface area contributed by atoms with Gasteiger partial charge in [0.15, 0.2) is 0 Å². The van der Waals surface area contributed by atoms with Gasteiger partial charge in [-0.05, 0) is 92.6 Å². The number of benzene rings is 1. The molecular formula is C34H41Br2NS3. The van der Waals surface area contributed by atoms with Crippen LogP contribution in [0.3, 0.4) is 0 Å². The average Bonchev–Trinajstić information content (AvgIpc) is 3.73. The molecule has 5 rings (SSSR count). The van der Waals surface area contributed by atoms with Gasteiger partial charge in [-0.25, -0.2) is 0 Å². The molecule has 1 nitrogen and oxygen atoms in total. The number of unbranched alkanes of at least 4 members (excludes halogenated alkanes) is 8. The third kappa shape index (κ3) is 7.53. The number of aromatic nitrogens is 1. The second kappa shape index (κ2) is 15.0. The van der Waals surface area contributed by atoms with Crippen LogP contribution in [0.2, 0.25) is 0 Å². The van der Waals surface area contributed by atoms with E-state index in [9.17, 15) is 0 Å². The van der Waals surface area contributed by atoms with E-state index in [-0.39, 0.29) is 0 Å². The first-order valence-electron chi connectivity index (χ1n) is 15.1. The summed E-state index contributed by atoms with van der Waals surface area (Å²) in [6.07, 6.45) is 16.4. The molecule has 0 saturated carbocycles. The van der Waals surface area contributed by atoms with Gasteiger partial charge in [0, 0.05) is 26.6 Å². The van der Waals surface area contributed by atoms with E-state index in [1.807, 2.05) is 34.0 Å². The van der Waals surface area contributed by atoms with Crippen LogP contribution in [0, 0.1) is 5.92 Å². The van der Waals surface area contributed by atoms with Crippen molar-refractivity contribution < 1.29 is 0 Å². The van der Waals surface area contributed by atoms with Crippen molar-refractivity contribution in [1.82, 2.24) is 4.57 Å². The highest BCUT2D eigenvalue weighted by Gasteiger charge is 2.20. The molecular weight excluding hydrogens is 678 g/mol. The van der Waals surface area contributed by atoms with Gasteiger partial charge in [0.25, 0.3) is 0 Å². The fourth-order valence-corrected chi connectivity index (χ4v) is 9.94. The average molecular weight is 720 g/mol. The van der Waals surface area contributed by atoms with Gasteiger partial charge in [-0.15, -0.1) is 34.0 Å². The molecule has 0 amide bonds. The van der Waals surface area contributed by atoms with E-state index in [1.54, 1.807) is 0 Å². The summed E-state index contributed by atoms with van der Waals surface area (Å²) in [5.41, 5.74) is 4.15. The van der Waals surface area contributed by atoms with E-state index >= 15 is 0 Å². The number of hydrogen-bond acceptors (Lipinski definition) is 3. The Labute approximate surface area is 269 Å². The smallest absolute Gasteiger partial charge is 0.0705 e. The van der Waals surface area contributed by atoms with Gasteiger partial charge in [0.1, 0.15) is 0 Å². The molecule has 5 aromatic rings. The number of rotatable bonds is 16. The Morgan fingerprint density at radius 1 is 0.625 bits per heavy atom. The molecule has 0 spiro atoms. The first-order valence-corrected chi connectivity index (χ1v) is 19.2. The van der Waals surface area contributed by atoms with E-state index < -0.39 is 0 Å². The molecule has 0 fully saturated rings. The van der Waals surface area contributed by atoms with Crippen LogP contribution in [0.4, 0.5) is 0 Å². The lowest BCUT2D eigenvalue weighted by molar-refractivity contribution is 0.365. The fourth-order valence-electron chi connectivity index (χ4n) is 5.90. The maximum atomic E-state index is 3.68. The molecule has 6 heteroatoms. The number of nitrogens with zero attached hydrogens (tertiary/aromatic N) is 1. The molecule has 0 aliphatic carbocycles. The molecule has 0 saturated heterocycles. The van der Waals surface area contributed by atoms with Crippen molar-refractivity contribution in [2.75, 3.05) is 0 Å². The van der Waals surface area contributed by atoms with Gasteiger partial charge < -0.3 is 4.57 Å².